The summed E-state index contributed by atoms with van der Waals surface area (Å²) in [5, 5.41) is 0. The number of nitrogens with zero attached hydrogens (tertiary/aromatic N) is 1. The number of rotatable bonds is 5. The van der Waals surface area contributed by atoms with Crippen molar-refractivity contribution >= 4 is 21.8 Å². The van der Waals surface area contributed by atoms with Gasteiger partial charge < -0.3 is 4.90 Å². The van der Waals surface area contributed by atoms with Gasteiger partial charge in [0.2, 0.25) is 5.91 Å². The van der Waals surface area contributed by atoms with Crippen LogP contribution in [0, 0.1) is 5.92 Å². The van der Waals surface area contributed by atoms with Crippen LogP contribution >= 0.6 is 15.9 Å². The lowest BCUT2D eigenvalue weighted by atomic mass is 10.0. The molecule has 1 aromatic carbocycles. The van der Waals surface area contributed by atoms with Gasteiger partial charge in [-0.2, -0.15) is 0 Å². The van der Waals surface area contributed by atoms with Crippen molar-refractivity contribution in [2.24, 2.45) is 5.92 Å². The van der Waals surface area contributed by atoms with Crippen molar-refractivity contribution in [3.63, 3.8) is 0 Å². The summed E-state index contributed by atoms with van der Waals surface area (Å²) in [6, 6.07) is 8.07. The maximum atomic E-state index is 11.9. The molecule has 1 rings (SSSR count). The zero-order chi connectivity index (χ0) is 12.8. The van der Waals surface area contributed by atoms with Crippen LogP contribution < -0.4 is 0 Å². The Morgan fingerprint density at radius 2 is 2.18 bits per heavy atom. The summed E-state index contributed by atoms with van der Waals surface area (Å²) in [4.78, 5) is 13.7. The fourth-order valence-electron chi connectivity index (χ4n) is 1.60. The van der Waals surface area contributed by atoms with Crippen molar-refractivity contribution in [3.05, 3.63) is 34.3 Å². The van der Waals surface area contributed by atoms with Gasteiger partial charge in [0.1, 0.15) is 0 Å². The zero-order valence-corrected chi connectivity index (χ0v) is 12.3. The average Bonchev–Trinajstić information content (AvgIpc) is 2.28. The molecule has 1 atom stereocenters. The van der Waals surface area contributed by atoms with E-state index in [0.717, 1.165) is 16.5 Å². The van der Waals surface area contributed by atoms with Gasteiger partial charge in [0.05, 0.1) is 0 Å². The minimum atomic E-state index is 0.222. The minimum absolute atomic E-state index is 0.222. The summed E-state index contributed by atoms with van der Waals surface area (Å²) in [5.74, 6) is 0.687. The number of hydrogen-bond acceptors (Lipinski definition) is 1. The standard InChI is InChI=1S/C14H20BrNO/c1-4-11(2)8-14(17)16(3)10-12-6-5-7-13(15)9-12/h5-7,9,11H,4,8,10H2,1-3H3. The number of carbonyl (C=O) groups is 1. The Morgan fingerprint density at radius 1 is 1.47 bits per heavy atom. The van der Waals surface area contributed by atoms with Crippen LogP contribution in [0.3, 0.4) is 0 Å². The third-order valence-corrected chi connectivity index (χ3v) is 3.45. The molecule has 0 bridgehead atoms. The van der Waals surface area contributed by atoms with Crippen molar-refractivity contribution in [2.75, 3.05) is 7.05 Å². The van der Waals surface area contributed by atoms with Gasteiger partial charge in [-0.25, -0.2) is 0 Å². The number of benzene rings is 1. The normalized spacial score (nSPS) is 12.2. The quantitative estimate of drug-likeness (QED) is 0.808. The van der Waals surface area contributed by atoms with E-state index in [1.807, 2.05) is 31.3 Å². The van der Waals surface area contributed by atoms with Crippen molar-refractivity contribution in [1.29, 1.82) is 0 Å². The van der Waals surface area contributed by atoms with Gasteiger partial charge in [-0.05, 0) is 23.6 Å². The summed E-state index contributed by atoms with van der Waals surface area (Å²) >= 11 is 3.44. The highest BCUT2D eigenvalue weighted by molar-refractivity contribution is 9.10. The monoisotopic (exact) mass is 297 g/mol. The minimum Gasteiger partial charge on any atom is -0.341 e. The van der Waals surface area contributed by atoms with Gasteiger partial charge in [0.25, 0.3) is 0 Å². The molecule has 0 heterocycles. The van der Waals surface area contributed by atoms with Crippen LogP contribution in [0.15, 0.2) is 28.7 Å². The van der Waals surface area contributed by atoms with Gasteiger partial charge in [0, 0.05) is 24.5 Å². The lowest BCUT2D eigenvalue weighted by Gasteiger charge is -2.19. The second-order valence-corrected chi connectivity index (χ2v) is 5.51. The predicted octanol–water partition coefficient (Wildman–Crippen LogP) is 3.84. The molecule has 1 unspecified atom stereocenters. The maximum Gasteiger partial charge on any atom is 0.222 e. The predicted molar refractivity (Wildman–Crippen MR) is 74.7 cm³/mol. The van der Waals surface area contributed by atoms with E-state index in [1.165, 1.54) is 0 Å². The molecule has 17 heavy (non-hydrogen) atoms. The lowest BCUT2D eigenvalue weighted by Crippen LogP contribution is -2.27. The largest absolute Gasteiger partial charge is 0.341 e. The topological polar surface area (TPSA) is 20.3 Å². The summed E-state index contributed by atoms with van der Waals surface area (Å²) in [7, 11) is 1.87. The molecule has 0 saturated heterocycles. The highest BCUT2D eigenvalue weighted by Crippen LogP contribution is 2.14. The van der Waals surface area contributed by atoms with Crippen LogP contribution in [0.25, 0.3) is 0 Å². The molecule has 0 aliphatic rings. The van der Waals surface area contributed by atoms with Crippen molar-refractivity contribution < 1.29 is 4.79 Å². The van der Waals surface area contributed by atoms with E-state index < -0.39 is 0 Å². The van der Waals surface area contributed by atoms with Gasteiger partial charge in [-0.1, -0.05) is 48.3 Å². The molecule has 0 aromatic heterocycles. The van der Waals surface area contributed by atoms with Crippen LogP contribution in [0.1, 0.15) is 32.3 Å². The van der Waals surface area contributed by atoms with Gasteiger partial charge >= 0.3 is 0 Å². The molecule has 0 saturated carbocycles. The molecule has 2 nitrogen and oxygen atoms in total. The first-order valence-corrected chi connectivity index (χ1v) is 6.80. The molecule has 0 fully saturated rings. The van der Waals surface area contributed by atoms with Gasteiger partial charge in [-0.15, -0.1) is 0 Å². The summed E-state index contributed by atoms with van der Waals surface area (Å²) in [5.41, 5.74) is 1.15. The molecule has 0 N–H and O–H groups in total. The third-order valence-electron chi connectivity index (χ3n) is 2.95. The molecule has 0 aliphatic heterocycles. The molecule has 3 heteroatoms. The van der Waals surface area contributed by atoms with Gasteiger partial charge in [0.15, 0.2) is 0 Å². The molecule has 94 valence electrons. The maximum absolute atomic E-state index is 11.9. The summed E-state index contributed by atoms with van der Waals surface area (Å²) < 4.78 is 1.05. The van der Waals surface area contributed by atoms with E-state index in [9.17, 15) is 4.79 Å². The van der Waals surface area contributed by atoms with E-state index in [4.69, 9.17) is 0 Å². The molecule has 1 aromatic rings. The van der Waals surface area contributed by atoms with Crippen molar-refractivity contribution in [3.8, 4) is 0 Å². The molecular formula is C14H20BrNO. The molecule has 0 spiro atoms. The number of amides is 1. The first-order chi connectivity index (χ1) is 8.02. The number of hydrogen-bond donors (Lipinski definition) is 0. The Labute approximate surface area is 112 Å². The van der Waals surface area contributed by atoms with E-state index in [-0.39, 0.29) is 5.91 Å². The van der Waals surface area contributed by atoms with Crippen LogP contribution in [0.4, 0.5) is 0 Å². The third kappa shape index (κ3) is 4.90. The zero-order valence-electron chi connectivity index (χ0n) is 10.7. The second-order valence-electron chi connectivity index (χ2n) is 4.60. The SMILES string of the molecule is CCC(C)CC(=O)N(C)Cc1cccc(Br)c1. The fourth-order valence-corrected chi connectivity index (χ4v) is 2.04. The number of halogens is 1. The Bertz CT molecular complexity index is 378. The molecule has 1 amide bonds. The first-order valence-electron chi connectivity index (χ1n) is 6.01. The van der Waals surface area contributed by atoms with Crippen LogP contribution in [0.5, 0.6) is 0 Å². The molecule has 0 aliphatic carbocycles. The lowest BCUT2D eigenvalue weighted by molar-refractivity contribution is -0.131. The van der Waals surface area contributed by atoms with E-state index >= 15 is 0 Å². The second kappa shape index (κ2) is 6.80. The fraction of sp³-hybridized carbons (Fsp3) is 0.500. The molecular weight excluding hydrogens is 278 g/mol. The van der Waals surface area contributed by atoms with Crippen LogP contribution in [0.2, 0.25) is 0 Å². The van der Waals surface area contributed by atoms with E-state index in [0.29, 0.717) is 18.9 Å². The van der Waals surface area contributed by atoms with Crippen molar-refractivity contribution in [1.82, 2.24) is 4.90 Å². The summed E-state index contributed by atoms with van der Waals surface area (Å²) in [6.07, 6.45) is 1.69. The van der Waals surface area contributed by atoms with Crippen LogP contribution in [-0.2, 0) is 11.3 Å². The Balaban J connectivity index is 2.54. The summed E-state index contributed by atoms with van der Waals surface area (Å²) in [6.45, 7) is 4.91. The van der Waals surface area contributed by atoms with E-state index in [1.54, 1.807) is 4.90 Å². The Morgan fingerprint density at radius 3 is 2.76 bits per heavy atom. The highest BCUT2D eigenvalue weighted by Gasteiger charge is 2.12. The number of carbonyl (C=O) groups excluding carboxylic acids is 1. The van der Waals surface area contributed by atoms with Crippen molar-refractivity contribution in [2.45, 2.75) is 33.2 Å². The average molecular weight is 298 g/mol. The Kier molecular flexibility index (Phi) is 5.69. The first kappa shape index (κ1) is 14.2. The van der Waals surface area contributed by atoms with E-state index in [2.05, 4.69) is 29.8 Å². The smallest absolute Gasteiger partial charge is 0.222 e. The highest BCUT2D eigenvalue weighted by atomic mass is 79.9. The molecule has 0 radical (unpaired) electrons. The van der Waals surface area contributed by atoms with Crippen LogP contribution in [-0.4, -0.2) is 17.9 Å². The Hall–Kier alpha value is -0.830. The van der Waals surface area contributed by atoms with Gasteiger partial charge in [-0.3, -0.25) is 4.79 Å².